The molecule has 1 heterocycles. The lowest BCUT2D eigenvalue weighted by atomic mass is 9.68. The first-order valence-electron chi connectivity index (χ1n) is 8.99. The molecule has 0 aliphatic carbocycles. The van der Waals surface area contributed by atoms with Crippen molar-refractivity contribution in [2.75, 3.05) is 0 Å². The molecular weight excluding hydrogens is 452 g/mol. The van der Waals surface area contributed by atoms with Gasteiger partial charge >= 0.3 is 0 Å². The van der Waals surface area contributed by atoms with Gasteiger partial charge < -0.3 is 4.74 Å². The molecule has 4 heteroatoms. The average molecular weight is 475 g/mol. The van der Waals surface area contributed by atoms with Gasteiger partial charge in [0.25, 0.3) is 0 Å². The number of halogens is 2. The maximum absolute atomic E-state index is 12.9. The molecule has 0 N–H and O–H groups in total. The van der Waals surface area contributed by atoms with Crippen LogP contribution in [0.3, 0.4) is 0 Å². The number of pyridine rings is 1. The summed E-state index contributed by atoms with van der Waals surface area (Å²) >= 11 is 2.33. The highest BCUT2D eigenvalue weighted by Gasteiger charge is 2.32. The zero-order chi connectivity index (χ0) is 19.4. The van der Waals surface area contributed by atoms with Crippen LogP contribution in [0.4, 0.5) is 4.39 Å². The summed E-state index contributed by atoms with van der Waals surface area (Å²) in [6.07, 6.45) is 1.21. The van der Waals surface area contributed by atoms with Crippen LogP contribution in [0.2, 0.25) is 0 Å². The zero-order valence-electron chi connectivity index (χ0n) is 15.7. The van der Waals surface area contributed by atoms with Crippen LogP contribution in [0.15, 0.2) is 66.9 Å². The maximum Gasteiger partial charge on any atom is 0.141 e. The van der Waals surface area contributed by atoms with E-state index in [0.29, 0.717) is 18.2 Å². The lowest BCUT2D eigenvalue weighted by Gasteiger charge is -2.35. The van der Waals surface area contributed by atoms with E-state index in [1.165, 1.54) is 27.0 Å². The van der Waals surface area contributed by atoms with Crippen LogP contribution in [0, 0.1) is 15.3 Å². The van der Waals surface area contributed by atoms with Crippen molar-refractivity contribution in [1.29, 1.82) is 0 Å². The molecule has 0 spiro atoms. The number of rotatable bonds is 6. The summed E-state index contributed by atoms with van der Waals surface area (Å²) in [7, 11) is 0. The van der Waals surface area contributed by atoms with Crippen LogP contribution in [0.25, 0.3) is 0 Å². The SMILES string of the molecule is CC(C)C(C)(c1ccc(I)cc1)c1ccc(OCc2ccc(F)cn2)cc1. The van der Waals surface area contributed by atoms with E-state index >= 15 is 0 Å². The first-order valence-corrected chi connectivity index (χ1v) is 10.1. The Morgan fingerprint density at radius 2 is 1.56 bits per heavy atom. The van der Waals surface area contributed by atoms with Gasteiger partial charge in [-0.15, -0.1) is 0 Å². The van der Waals surface area contributed by atoms with Gasteiger partial charge in [0.05, 0.1) is 11.9 Å². The minimum absolute atomic E-state index is 0.0820. The monoisotopic (exact) mass is 475 g/mol. The molecule has 27 heavy (non-hydrogen) atoms. The summed E-state index contributed by atoms with van der Waals surface area (Å²) in [6, 6.07) is 20.0. The van der Waals surface area contributed by atoms with E-state index in [1.54, 1.807) is 6.07 Å². The van der Waals surface area contributed by atoms with Gasteiger partial charge in [-0.2, -0.15) is 0 Å². The van der Waals surface area contributed by atoms with Gasteiger partial charge in [0.2, 0.25) is 0 Å². The number of hydrogen-bond donors (Lipinski definition) is 0. The lowest BCUT2D eigenvalue weighted by molar-refractivity contribution is 0.300. The molecule has 1 aromatic heterocycles. The molecule has 0 fully saturated rings. The Labute approximate surface area is 173 Å². The van der Waals surface area contributed by atoms with Gasteiger partial charge in [-0.3, -0.25) is 4.98 Å². The van der Waals surface area contributed by atoms with E-state index in [1.807, 2.05) is 12.1 Å². The molecule has 0 saturated carbocycles. The Bertz CT molecular complexity index is 876. The van der Waals surface area contributed by atoms with Gasteiger partial charge in [0, 0.05) is 8.99 Å². The van der Waals surface area contributed by atoms with Crippen LogP contribution in [0.1, 0.15) is 37.6 Å². The normalized spacial score (nSPS) is 13.4. The third-order valence-corrected chi connectivity index (χ3v) is 5.95. The Morgan fingerprint density at radius 3 is 2.07 bits per heavy atom. The molecule has 0 saturated heterocycles. The standard InChI is InChI=1S/C23H23FINO/c1-16(2)23(3,17-4-9-20(25)10-5-17)18-6-12-22(13-7-18)27-15-21-11-8-19(24)14-26-21/h4-14,16H,15H2,1-3H3. The average Bonchev–Trinajstić information content (AvgIpc) is 2.68. The van der Waals surface area contributed by atoms with Crippen LogP contribution in [-0.2, 0) is 12.0 Å². The van der Waals surface area contributed by atoms with Crippen LogP contribution in [-0.4, -0.2) is 4.98 Å². The van der Waals surface area contributed by atoms with Crippen molar-refractivity contribution in [3.63, 3.8) is 0 Å². The maximum atomic E-state index is 12.9. The Morgan fingerprint density at radius 1 is 0.963 bits per heavy atom. The van der Waals surface area contributed by atoms with Gasteiger partial charge in [-0.25, -0.2) is 4.39 Å². The van der Waals surface area contributed by atoms with Crippen LogP contribution in [0.5, 0.6) is 5.75 Å². The molecule has 0 aliphatic heterocycles. The molecule has 0 aliphatic rings. The largest absolute Gasteiger partial charge is 0.487 e. The number of hydrogen-bond acceptors (Lipinski definition) is 2. The van der Waals surface area contributed by atoms with Crippen molar-refractivity contribution >= 4 is 22.6 Å². The number of benzene rings is 2. The molecular formula is C23H23FINO. The molecule has 0 bridgehead atoms. The van der Waals surface area contributed by atoms with Gasteiger partial charge in [-0.05, 0) is 76.0 Å². The summed E-state index contributed by atoms with van der Waals surface area (Å²) in [5, 5.41) is 0. The smallest absolute Gasteiger partial charge is 0.141 e. The number of nitrogens with zero attached hydrogens (tertiary/aromatic N) is 1. The minimum atomic E-state index is -0.341. The molecule has 3 rings (SSSR count). The quantitative estimate of drug-likeness (QED) is 0.387. The summed E-state index contributed by atoms with van der Waals surface area (Å²) < 4.78 is 20.0. The van der Waals surface area contributed by atoms with E-state index < -0.39 is 0 Å². The second-order valence-electron chi connectivity index (χ2n) is 7.14. The number of aromatic nitrogens is 1. The highest BCUT2D eigenvalue weighted by atomic mass is 127. The van der Waals surface area contributed by atoms with Crippen molar-refractivity contribution in [2.45, 2.75) is 32.8 Å². The van der Waals surface area contributed by atoms with Gasteiger partial charge in [-0.1, -0.05) is 45.0 Å². The zero-order valence-corrected chi connectivity index (χ0v) is 17.9. The second kappa shape index (κ2) is 8.38. The third kappa shape index (κ3) is 4.49. The van der Waals surface area contributed by atoms with Crippen molar-refractivity contribution in [3.8, 4) is 5.75 Å². The summed E-state index contributed by atoms with van der Waals surface area (Å²) in [5.74, 6) is 0.873. The van der Waals surface area contributed by atoms with E-state index in [-0.39, 0.29) is 11.2 Å². The van der Waals surface area contributed by atoms with E-state index in [4.69, 9.17) is 4.74 Å². The molecule has 140 valence electrons. The Kier molecular flexibility index (Phi) is 6.15. The predicted molar refractivity (Wildman–Crippen MR) is 115 cm³/mol. The molecule has 2 aromatic carbocycles. The second-order valence-corrected chi connectivity index (χ2v) is 8.39. The predicted octanol–water partition coefficient (Wildman–Crippen LogP) is 6.37. The topological polar surface area (TPSA) is 22.1 Å². The van der Waals surface area contributed by atoms with Gasteiger partial charge in [0.1, 0.15) is 18.2 Å². The van der Waals surface area contributed by atoms with Crippen molar-refractivity contribution < 1.29 is 9.13 Å². The summed E-state index contributed by atoms with van der Waals surface area (Å²) in [5.41, 5.74) is 3.18. The van der Waals surface area contributed by atoms with Crippen LogP contribution < -0.4 is 4.74 Å². The Hall–Kier alpha value is -1.95. The molecule has 1 unspecified atom stereocenters. The first-order chi connectivity index (χ1) is 12.9. The lowest BCUT2D eigenvalue weighted by Crippen LogP contribution is -2.30. The number of ether oxygens (including phenoxy) is 1. The van der Waals surface area contributed by atoms with Crippen LogP contribution >= 0.6 is 22.6 Å². The van der Waals surface area contributed by atoms with Crippen molar-refractivity contribution in [1.82, 2.24) is 4.98 Å². The van der Waals surface area contributed by atoms with E-state index in [9.17, 15) is 4.39 Å². The fourth-order valence-corrected chi connectivity index (χ4v) is 3.54. The van der Waals surface area contributed by atoms with E-state index in [2.05, 4.69) is 84.7 Å². The molecule has 3 aromatic rings. The Balaban J connectivity index is 1.79. The molecule has 1 atom stereocenters. The van der Waals surface area contributed by atoms with Crippen molar-refractivity contribution in [3.05, 3.63) is 93.1 Å². The molecule has 0 radical (unpaired) electrons. The fraction of sp³-hybridized carbons (Fsp3) is 0.261. The summed E-state index contributed by atoms with van der Waals surface area (Å²) in [4.78, 5) is 4.02. The highest BCUT2D eigenvalue weighted by Crippen LogP contribution is 2.39. The highest BCUT2D eigenvalue weighted by molar-refractivity contribution is 14.1. The third-order valence-electron chi connectivity index (χ3n) is 5.23. The van der Waals surface area contributed by atoms with Crippen molar-refractivity contribution in [2.24, 2.45) is 5.92 Å². The molecule has 2 nitrogen and oxygen atoms in total. The minimum Gasteiger partial charge on any atom is -0.487 e. The fourth-order valence-electron chi connectivity index (χ4n) is 3.18. The summed E-state index contributed by atoms with van der Waals surface area (Å²) in [6.45, 7) is 7.11. The van der Waals surface area contributed by atoms with E-state index in [0.717, 1.165) is 5.75 Å². The molecule has 0 amide bonds. The first kappa shape index (κ1) is 19.8. The van der Waals surface area contributed by atoms with Gasteiger partial charge in [0.15, 0.2) is 0 Å².